The number of carbonyl (C=O) groups is 1. The maximum Gasteiger partial charge on any atom is 0.194 e. The van der Waals surface area contributed by atoms with Gasteiger partial charge in [-0.1, -0.05) is 60.7 Å². The predicted molar refractivity (Wildman–Crippen MR) is 97.0 cm³/mol. The van der Waals surface area contributed by atoms with Crippen LogP contribution < -0.4 is 5.30 Å². The predicted octanol–water partition coefficient (Wildman–Crippen LogP) is 5.00. The van der Waals surface area contributed by atoms with Gasteiger partial charge in [-0.05, 0) is 31.4 Å². The van der Waals surface area contributed by atoms with E-state index in [2.05, 4.69) is 0 Å². The molecule has 1 aliphatic rings. The van der Waals surface area contributed by atoms with Gasteiger partial charge in [0.25, 0.3) is 0 Å². The molecule has 1 aliphatic carbocycles. The molecule has 2 aromatic carbocycles. The van der Waals surface area contributed by atoms with Crippen LogP contribution in [0.2, 0.25) is 0 Å². The Morgan fingerprint density at radius 2 is 1.65 bits per heavy atom. The molecule has 3 heteroatoms. The first kappa shape index (κ1) is 15.7. The highest BCUT2D eigenvalue weighted by atomic mass is 31.2. The van der Waals surface area contributed by atoms with Crippen molar-refractivity contribution in [2.24, 2.45) is 0 Å². The van der Waals surface area contributed by atoms with E-state index in [-0.39, 0.29) is 5.78 Å². The smallest absolute Gasteiger partial charge is 0.194 e. The number of rotatable bonds is 3. The van der Waals surface area contributed by atoms with Crippen molar-refractivity contribution >= 4 is 18.2 Å². The summed E-state index contributed by atoms with van der Waals surface area (Å²) >= 11 is 0. The van der Waals surface area contributed by atoms with Gasteiger partial charge in [-0.2, -0.15) is 0 Å². The molecule has 0 spiro atoms. The summed E-state index contributed by atoms with van der Waals surface area (Å²) in [4.78, 5) is 12.6. The highest BCUT2D eigenvalue weighted by Crippen LogP contribution is 2.52. The fraction of sp³-hybridized carbons (Fsp3) is 0.150. The van der Waals surface area contributed by atoms with Crippen molar-refractivity contribution in [1.29, 1.82) is 0 Å². The van der Waals surface area contributed by atoms with Crippen LogP contribution in [0.15, 0.2) is 66.0 Å². The number of fused-ring (bicyclic) bond motifs is 3. The van der Waals surface area contributed by atoms with E-state index < -0.39 is 7.14 Å². The molecule has 0 saturated heterocycles. The number of benzene rings is 2. The van der Waals surface area contributed by atoms with Crippen LogP contribution >= 0.6 is 7.14 Å². The van der Waals surface area contributed by atoms with Crippen LogP contribution in [-0.4, -0.2) is 12.4 Å². The van der Waals surface area contributed by atoms with E-state index in [1.54, 1.807) is 6.66 Å². The number of carbonyl (C=O) groups excluding carboxylic acids is 1. The molecule has 23 heavy (non-hydrogen) atoms. The molecule has 0 bridgehead atoms. The minimum atomic E-state index is -2.73. The van der Waals surface area contributed by atoms with Gasteiger partial charge in [0.1, 0.15) is 7.14 Å². The number of hydrogen-bond donors (Lipinski definition) is 0. The molecule has 116 valence electrons. The van der Waals surface area contributed by atoms with Crippen LogP contribution in [0, 0.1) is 0 Å². The van der Waals surface area contributed by atoms with E-state index in [0.717, 1.165) is 21.7 Å². The van der Waals surface area contributed by atoms with Gasteiger partial charge < -0.3 is 4.57 Å². The zero-order valence-corrected chi connectivity index (χ0v) is 14.4. The molecule has 0 N–H and O–H groups in total. The summed E-state index contributed by atoms with van der Waals surface area (Å²) in [6.07, 6.45) is 5.70. The number of allylic oxidation sites excluding steroid dienone is 4. The first-order valence-corrected chi connectivity index (χ1v) is 9.79. The van der Waals surface area contributed by atoms with Crippen molar-refractivity contribution < 1.29 is 9.36 Å². The summed E-state index contributed by atoms with van der Waals surface area (Å²) < 4.78 is 13.5. The van der Waals surface area contributed by atoms with Crippen molar-refractivity contribution in [3.05, 3.63) is 77.1 Å². The van der Waals surface area contributed by atoms with Gasteiger partial charge in [0.2, 0.25) is 0 Å². The zero-order valence-electron chi connectivity index (χ0n) is 13.5. The van der Waals surface area contributed by atoms with Crippen molar-refractivity contribution in [3.8, 4) is 11.1 Å². The van der Waals surface area contributed by atoms with Crippen molar-refractivity contribution in [3.63, 3.8) is 0 Å². The Kier molecular flexibility index (Phi) is 3.95. The maximum absolute atomic E-state index is 13.5. The summed E-state index contributed by atoms with van der Waals surface area (Å²) in [5.74, 6) is 0.0209. The van der Waals surface area contributed by atoms with Gasteiger partial charge in [0.15, 0.2) is 5.78 Å². The van der Waals surface area contributed by atoms with E-state index in [4.69, 9.17) is 0 Å². The van der Waals surface area contributed by atoms with E-state index >= 15 is 0 Å². The summed E-state index contributed by atoms with van der Waals surface area (Å²) in [6, 6.07) is 13.1. The minimum Gasteiger partial charge on any atom is -0.314 e. The first-order valence-electron chi connectivity index (χ1n) is 7.64. The highest BCUT2D eigenvalue weighted by Gasteiger charge is 2.33. The lowest BCUT2D eigenvalue weighted by atomic mass is 10.1. The minimum absolute atomic E-state index is 0.0209. The third-order valence-corrected chi connectivity index (χ3v) is 7.18. The molecule has 0 radical (unpaired) electrons. The molecule has 0 heterocycles. The SMILES string of the molecule is CC=CC=C(C)P(C)(=O)c1cccc2c1-c1ccccc1C2=O. The van der Waals surface area contributed by atoms with Crippen LogP contribution in [0.25, 0.3) is 11.1 Å². The quantitative estimate of drug-likeness (QED) is 0.502. The van der Waals surface area contributed by atoms with E-state index in [0.29, 0.717) is 11.1 Å². The molecule has 3 rings (SSSR count). The summed E-state index contributed by atoms with van der Waals surface area (Å²) in [7, 11) is -2.73. The fourth-order valence-corrected chi connectivity index (χ4v) is 4.77. The van der Waals surface area contributed by atoms with Gasteiger partial charge >= 0.3 is 0 Å². The van der Waals surface area contributed by atoms with Gasteiger partial charge in [-0.3, -0.25) is 4.79 Å². The second-order valence-corrected chi connectivity index (χ2v) is 8.87. The Labute approximate surface area is 136 Å². The molecule has 0 saturated carbocycles. The molecule has 1 unspecified atom stereocenters. The van der Waals surface area contributed by atoms with E-state index in [1.165, 1.54) is 0 Å². The Morgan fingerprint density at radius 3 is 2.35 bits per heavy atom. The van der Waals surface area contributed by atoms with Crippen molar-refractivity contribution in [2.75, 3.05) is 6.66 Å². The summed E-state index contributed by atoms with van der Waals surface area (Å²) in [6.45, 7) is 5.60. The van der Waals surface area contributed by atoms with Crippen LogP contribution in [0.3, 0.4) is 0 Å². The fourth-order valence-electron chi connectivity index (χ4n) is 2.98. The number of ketones is 1. The summed E-state index contributed by atoms with van der Waals surface area (Å²) in [5, 5.41) is 1.60. The topological polar surface area (TPSA) is 34.1 Å². The standard InChI is InChI=1S/C20H19O2P/c1-4-5-9-14(2)23(3,22)18-13-8-12-17-19(18)15-10-6-7-11-16(15)20(17)21/h4-13H,1-3H3. The van der Waals surface area contributed by atoms with Gasteiger partial charge in [0.05, 0.1) is 0 Å². The maximum atomic E-state index is 13.5. The molecule has 2 aromatic rings. The molecular formula is C20H19O2P. The first-order chi connectivity index (χ1) is 11.0. The van der Waals surface area contributed by atoms with Crippen LogP contribution in [0.1, 0.15) is 29.8 Å². The van der Waals surface area contributed by atoms with E-state index in [9.17, 15) is 9.36 Å². The Hall–Kier alpha value is -2.18. The molecule has 0 amide bonds. The zero-order chi connectivity index (χ0) is 16.6. The second-order valence-electron chi connectivity index (χ2n) is 5.83. The monoisotopic (exact) mass is 322 g/mol. The molecule has 0 aliphatic heterocycles. The second kappa shape index (κ2) is 5.79. The van der Waals surface area contributed by atoms with Crippen LogP contribution in [0.5, 0.6) is 0 Å². The average Bonchev–Trinajstić information content (AvgIpc) is 2.86. The third kappa shape index (κ3) is 2.44. The van der Waals surface area contributed by atoms with Gasteiger partial charge in [-0.25, -0.2) is 0 Å². The molecule has 0 fully saturated rings. The van der Waals surface area contributed by atoms with Crippen LogP contribution in [0.4, 0.5) is 0 Å². The Balaban J connectivity index is 2.27. The molecule has 0 aromatic heterocycles. The molecule has 1 atom stereocenters. The van der Waals surface area contributed by atoms with Crippen LogP contribution in [-0.2, 0) is 4.57 Å². The Morgan fingerprint density at radius 1 is 1.00 bits per heavy atom. The van der Waals surface area contributed by atoms with E-state index in [1.807, 2.05) is 74.5 Å². The number of hydrogen-bond acceptors (Lipinski definition) is 2. The largest absolute Gasteiger partial charge is 0.314 e. The van der Waals surface area contributed by atoms with Crippen molar-refractivity contribution in [2.45, 2.75) is 13.8 Å². The normalized spacial score (nSPS) is 16.3. The lowest BCUT2D eigenvalue weighted by molar-refractivity contribution is 0.104. The van der Waals surface area contributed by atoms with Gasteiger partial charge in [0, 0.05) is 22.0 Å². The molecular weight excluding hydrogens is 303 g/mol. The average molecular weight is 322 g/mol. The lowest BCUT2D eigenvalue weighted by Crippen LogP contribution is -2.09. The lowest BCUT2D eigenvalue weighted by Gasteiger charge is -2.18. The Bertz CT molecular complexity index is 904. The third-order valence-electron chi connectivity index (χ3n) is 4.39. The molecule has 2 nitrogen and oxygen atoms in total. The highest BCUT2D eigenvalue weighted by molar-refractivity contribution is 7.75. The van der Waals surface area contributed by atoms with Crippen molar-refractivity contribution in [1.82, 2.24) is 0 Å². The van der Waals surface area contributed by atoms with Gasteiger partial charge in [-0.15, -0.1) is 0 Å². The summed E-state index contributed by atoms with van der Waals surface area (Å²) in [5.41, 5.74) is 3.09.